The van der Waals surface area contributed by atoms with Gasteiger partial charge in [0.1, 0.15) is 6.04 Å². The number of hydrogen-bond donors (Lipinski definition) is 3. The first kappa shape index (κ1) is 14.9. The quantitative estimate of drug-likeness (QED) is 0.599. The van der Waals surface area contributed by atoms with Gasteiger partial charge in [0.15, 0.2) is 0 Å². The first-order valence-corrected chi connectivity index (χ1v) is 5.77. The average molecular weight is 229 g/mol. The number of likely N-dealkylation sites (N-methyl/N-ethyl adjacent to an activating group) is 1. The third-order valence-corrected chi connectivity index (χ3v) is 2.56. The minimum absolute atomic E-state index is 0.0919. The summed E-state index contributed by atoms with van der Waals surface area (Å²) in [4.78, 5) is 23.2. The number of carbonyl (C=O) groups excluding carboxylic acids is 2. The highest BCUT2D eigenvalue weighted by Crippen LogP contribution is 2.08. The Balaban J connectivity index is 4.55. The Kier molecular flexibility index (Phi) is 6.72. The smallest absolute Gasteiger partial charge is 0.242 e. The molecular weight excluding hydrogens is 206 g/mol. The third-order valence-electron chi connectivity index (χ3n) is 2.56. The molecule has 16 heavy (non-hydrogen) atoms. The molecule has 0 aliphatic heterocycles. The van der Waals surface area contributed by atoms with Crippen LogP contribution in [0.5, 0.6) is 0 Å². The van der Waals surface area contributed by atoms with Crippen molar-refractivity contribution in [1.82, 2.24) is 10.6 Å². The molecule has 0 aromatic heterocycles. The highest BCUT2D eigenvalue weighted by molar-refractivity contribution is 5.89. The Labute approximate surface area is 97.2 Å². The van der Waals surface area contributed by atoms with Gasteiger partial charge in [0.25, 0.3) is 0 Å². The summed E-state index contributed by atoms with van der Waals surface area (Å²) in [5, 5.41) is 5.39. The van der Waals surface area contributed by atoms with Gasteiger partial charge in [-0.2, -0.15) is 0 Å². The molecule has 2 amide bonds. The average Bonchev–Trinajstić information content (AvgIpc) is 2.24. The molecule has 0 saturated heterocycles. The molecule has 0 aromatic carbocycles. The van der Waals surface area contributed by atoms with E-state index in [-0.39, 0.29) is 17.7 Å². The first-order chi connectivity index (χ1) is 7.43. The van der Waals surface area contributed by atoms with Crippen LogP contribution >= 0.6 is 0 Å². The van der Waals surface area contributed by atoms with E-state index in [4.69, 9.17) is 5.73 Å². The molecule has 0 saturated carbocycles. The maximum absolute atomic E-state index is 11.7. The van der Waals surface area contributed by atoms with Gasteiger partial charge in [-0.05, 0) is 19.8 Å². The number of nitrogens with two attached hydrogens (primary N) is 1. The second-order valence-electron chi connectivity index (χ2n) is 4.06. The molecule has 5 heteroatoms. The molecule has 3 unspecified atom stereocenters. The van der Waals surface area contributed by atoms with Crippen molar-refractivity contribution in [2.75, 3.05) is 6.54 Å². The van der Waals surface area contributed by atoms with Crippen molar-refractivity contribution >= 4 is 11.8 Å². The molecule has 0 aliphatic rings. The zero-order chi connectivity index (χ0) is 12.7. The summed E-state index contributed by atoms with van der Waals surface area (Å²) in [6, 6.07) is -1.09. The summed E-state index contributed by atoms with van der Waals surface area (Å²) >= 11 is 0. The summed E-state index contributed by atoms with van der Waals surface area (Å²) in [6.07, 6.45) is 0.820. The Morgan fingerprint density at radius 2 is 1.75 bits per heavy atom. The molecule has 3 atom stereocenters. The van der Waals surface area contributed by atoms with Crippen molar-refractivity contribution in [3.63, 3.8) is 0 Å². The first-order valence-electron chi connectivity index (χ1n) is 5.77. The molecule has 0 bridgehead atoms. The zero-order valence-electron chi connectivity index (χ0n) is 10.5. The van der Waals surface area contributed by atoms with Crippen molar-refractivity contribution in [3.8, 4) is 0 Å². The highest BCUT2D eigenvalue weighted by atomic mass is 16.2. The molecule has 4 N–H and O–H groups in total. The van der Waals surface area contributed by atoms with Gasteiger partial charge < -0.3 is 16.4 Å². The van der Waals surface area contributed by atoms with E-state index in [0.29, 0.717) is 6.54 Å². The number of nitrogens with one attached hydrogen (secondary N) is 2. The van der Waals surface area contributed by atoms with Gasteiger partial charge in [-0.3, -0.25) is 9.59 Å². The van der Waals surface area contributed by atoms with Crippen LogP contribution < -0.4 is 16.4 Å². The van der Waals surface area contributed by atoms with Crippen LogP contribution in [0.2, 0.25) is 0 Å². The topological polar surface area (TPSA) is 84.2 Å². The lowest BCUT2D eigenvalue weighted by molar-refractivity contribution is -0.130. The van der Waals surface area contributed by atoms with Gasteiger partial charge in [-0.25, -0.2) is 0 Å². The summed E-state index contributed by atoms with van der Waals surface area (Å²) in [5.74, 6) is -0.350. The van der Waals surface area contributed by atoms with Gasteiger partial charge in [0.2, 0.25) is 11.8 Å². The zero-order valence-corrected chi connectivity index (χ0v) is 10.5. The molecule has 0 rings (SSSR count). The Bertz CT molecular complexity index is 241. The van der Waals surface area contributed by atoms with E-state index in [1.54, 1.807) is 6.92 Å². The maximum atomic E-state index is 11.7. The highest BCUT2D eigenvalue weighted by Gasteiger charge is 2.26. The van der Waals surface area contributed by atoms with E-state index in [9.17, 15) is 9.59 Å². The van der Waals surface area contributed by atoms with E-state index < -0.39 is 12.1 Å². The minimum Gasteiger partial charge on any atom is -0.355 e. The lowest BCUT2D eigenvalue weighted by atomic mass is 9.98. The van der Waals surface area contributed by atoms with Crippen molar-refractivity contribution < 1.29 is 9.59 Å². The van der Waals surface area contributed by atoms with Crippen LogP contribution in [0.25, 0.3) is 0 Å². The molecule has 94 valence electrons. The Morgan fingerprint density at radius 1 is 1.19 bits per heavy atom. The third kappa shape index (κ3) is 4.61. The maximum Gasteiger partial charge on any atom is 0.242 e. The van der Waals surface area contributed by atoms with Gasteiger partial charge in [0, 0.05) is 6.54 Å². The van der Waals surface area contributed by atoms with Crippen LogP contribution in [0.1, 0.15) is 34.1 Å². The van der Waals surface area contributed by atoms with E-state index in [1.807, 2.05) is 20.8 Å². The van der Waals surface area contributed by atoms with Gasteiger partial charge in [0.05, 0.1) is 6.04 Å². The van der Waals surface area contributed by atoms with Crippen LogP contribution in [0.4, 0.5) is 0 Å². The molecule has 0 fully saturated rings. The minimum atomic E-state index is -0.596. The van der Waals surface area contributed by atoms with Crippen LogP contribution in [0.3, 0.4) is 0 Å². The molecule has 0 aliphatic carbocycles. The van der Waals surface area contributed by atoms with Crippen molar-refractivity contribution in [1.29, 1.82) is 0 Å². The van der Waals surface area contributed by atoms with Crippen molar-refractivity contribution in [2.24, 2.45) is 11.7 Å². The predicted octanol–water partition coefficient (Wildman–Crippen LogP) is 0.000600. The summed E-state index contributed by atoms with van der Waals surface area (Å²) in [7, 11) is 0. The second-order valence-corrected chi connectivity index (χ2v) is 4.06. The molecular formula is C11H23N3O2. The Hall–Kier alpha value is -1.10. The van der Waals surface area contributed by atoms with E-state index >= 15 is 0 Å². The van der Waals surface area contributed by atoms with E-state index in [2.05, 4.69) is 10.6 Å². The monoisotopic (exact) mass is 229 g/mol. The fourth-order valence-electron chi connectivity index (χ4n) is 1.27. The normalized spacial score (nSPS) is 16.1. The number of hydrogen-bond acceptors (Lipinski definition) is 3. The molecule has 0 heterocycles. The van der Waals surface area contributed by atoms with Crippen LogP contribution in [-0.2, 0) is 9.59 Å². The van der Waals surface area contributed by atoms with Crippen LogP contribution in [0, 0.1) is 5.92 Å². The molecule has 0 aromatic rings. The summed E-state index contributed by atoms with van der Waals surface area (Å²) < 4.78 is 0. The number of amides is 2. The molecule has 5 nitrogen and oxygen atoms in total. The fourth-order valence-corrected chi connectivity index (χ4v) is 1.27. The van der Waals surface area contributed by atoms with Crippen LogP contribution in [-0.4, -0.2) is 30.4 Å². The van der Waals surface area contributed by atoms with Gasteiger partial charge >= 0.3 is 0 Å². The largest absolute Gasteiger partial charge is 0.355 e. The van der Waals surface area contributed by atoms with Gasteiger partial charge in [-0.1, -0.05) is 20.3 Å². The number of carbonyl (C=O) groups is 2. The number of rotatable bonds is 6. The van der Waals surface area contributed by atoms with E-state index in [1.165, 1.54) is 0 Å². The lowest BCUT2D eigenvalue weighted by Gasteiger charge is -2.24. The summed E-state index contributed by atoms with van der Waals surface area (Å²) in [5.41, 5.74) is 5.46. The molecule has 0 radical (unpaired) electrons. The van der Waals surface area contributed by atoms with Crippen molar-refractivity contribution in [3.05, 3.63) is 0 Å². The standard InChI is InChI=1S/C11H23N3O2/c1-5-7(3)9(11(16)13-6-2)14-10(15)8(4)12/h7-9H,5-6,12H2,1-4H3,(H,13,16)(H,14,15). The van der Waals surface area contributed by atoms with Gasteiger partial charge in [-0.15, -0.1) is 0 Å². The lowest BCUT2D eigenvalue weighted by Crippen LogP contribution is -2.53. The predicted molar refractivity (Wildman–Crippen MR) is 63.7 cm³/mol. The van der Waals surface area contributed by atoms with Crippen molar-refractivity contribution in [2.45, 2.75) is 46.2 Å². The van der Waals surface area contributed by atoms with Crippen LogP contribution in [0.15, 0.2) is 0 Å². The second kappa shape index (κ2) is 7.22. The molecule has 0 spiro atoms. The fraction of sp³-hybridized carbons (Fsp3) is 0.818. The van der Waals surface area contributed by atoms with E-state index in [0.717, 1.165) is 6.42 Å². The Morgan fingerprint density at radius 3 is 2.12 bits per heavy atom. The summed E-state index contributed by atoms with van der Waals surface area (Å²) in [6.45, 7) is 7.91. The SMILES string of the molecule is CCNC(=O)C(NC(=O)C(C)N)C(C)CC.